The molecule has 6 heteroatoms. The van der Waals surface area contributed by atoms with Crippen LogP contribution in [-0.4, -0.2) is 16.1 Å². The molecule has 6 nitrogen and oxygen atoms in total. The fraction of sp³-hybridized carbons (Fsp3) is 0.640. The van der Waals surface area contributed by atoms with E-state index in [0.29, 0.717) is 12.4 Å². The predicted octanol–water partition coefficient (Wildman–Crippen LogP) is 6.40. The molecule has 1 N–H and O–H groups in total. The first-order valence-corrected chi connectivity index (χ1v) is 11.8. The fourth-order valence-corrected chi connectivity index (χ4v) is 3.17. The van der Waals surface area contributed by atoms with Gasteiger partial charge in [0, 0.05) is 12.0 Å². The van der Waals surface area contributed by atoms with Gasteiger partial charge < -0.3 is 9.36 Å². The second-order valence-electron chi connectivity index (χ2n) is 9.25. The van der Waals surface area contributed by atoms with E-state index < -0.39 is 5.41 Å². The Kier molecular flexibility index (Phi) is 10.7. The van der Waals surface area contributed by atoms with Crippen molar-refractivity contribution in [3.05, 3.63) is 35.7 Å². The molecule has 172 valence electrons. The van der Waals surface area contributed by atoms with Crippen LogP contribution in [0.15, 0.2) is 28.8 Å². The summed E-state index contributed by atoms with van der Waals surface area (Å²) in [6, 6.07) is 7.80. The van der Waals surface area contributed by atoms with Crippen molar-refractivity contribution >= 4 is 5.97 Å². The molecule has 0 spiro atoms. The lowest BCUT2D eigenvalue weighted by atomic mass is 9.98. The molecule has 0 radical (unpaired) electrons. The van der Waals surface area contributed by atoms with Crippen LogP contribution in [0, 0.1) is 5.41 Å². The van der Waals surface area contributed by atoms with Crippen LogP contribution in [0.4, 0.5) is 0 Å². The lowest BCUT2D eigenvalue weighted by Gasteiger charge is -2.16. The van der Waals surface area contributed by atoms with Crippen LogP contribution >= 0.6 is 0 Å². The molecule has 1 aromatic heterocycles. The van der Waals surface area contributed by atoms with Crippen LogP contribution in [0.5, 0.6) is 0 Å². The molecule has 0 aliphatic carbocycles. The van der Waals surface area contributed by atoms with Crippen LogP contribution in [0.2, 0.25) is 0 Å². The predicted molar refractivity (Wildman–Crippen MR) is 123 cm³/mol. The Balaban J connectivity index is 1.67. The number of carbonyl (C=O) groups excluding carboxylic acids is 1. The van der Waals surface area contributed by atoms with E-state index in [2.05, 4.69) is 22.5 Å². The largest absolute Gasteiger partial charge is 0.370 e. The van der Waals surface area contributed by atoms with Gasteiger partial charge in [-0.15, -0.1) is 5.48 Å². The molecule has 2 aromatic rings. The number of carbonyl (C=O) groups is 1. The van der Waals surface area contributed by atoms with Crippen molar-refractivity contribution in [2.45, 2.75) is 98.4 Å². The van der Waals surface area contributed by atoms with E-state index in [1.807, 2.05) is 45.0 Å². The normalized spacial score (nSPS) is 11.6. The number of aryl methyl sites for hydroxylation is 1. The number of nitrogens with zero attached hydrogens (tertiary/aromatic N) is 2. The van der Waals surface area contributed by atoms with Gasteiger partial charge in [0.2, 0.25) is 0 Å². The van der Waals surface area contributed by atoms with E-state index in [1.165, 1.54) is 51.4 Å². The summed E-state index contributed by atoms with van der Waals surface area (Å²) < 4.78 is 5.43. The summed E-state index contributed by atoms with van der Waals surface area (Å²) in [4.78, 5) is 21.4. The Hall–Kier alpha value is -2.21. The van der Waals surface area contributed by atoms with Gasteiger partial charge in [-0.05, 0) is 44.9 Å². The number of nitrogens with one attached hydrogen (secondary N) is 1. The molecule has 1 heterocycles. The number of benzene rings is 1. The van der Waals surface area contributed by atoms with E-state index in [0.717, 1.165) is 29.8 Å². The van der Waals surface area contributed by atoms with E-state index in [-0.39, 0.29) is 5.97 Å². The minimum absolute atomic E-state index is 0.283. The maximum atomic E-state index is 11.8. The van der Waals surface area contributed by atoms with Gasteiger partial charge >= 0.3 is 5.97 Å². The zero-order valence-corrected chi connectivity index (χ0v) is 19.7. The van der Waals surface area contributed by atoms with E-state index >= 15 is 0 Å². The zero-order chi connectivity index (χ0) is 22.5. The molecule has 0 amide bonds. The molecule has 31 heavy (non-hydrogen) atoms. The summed E-state index contributed by atoms with van der Waals surface area (Å²) in [5.41, 5.74) is 4.08. The first-order valence-electron chi connectivity index (χ1n) is 11.8. The number of unbranched alkanes of at least 4 members (excludes halogenated alkanes) is 8. The number of aromatic nitrogens is 2. The summed E-state index contributed by atoms with van der Waals surface area (Å²) >= 11 is 0. The van der Waals surface area contributed by atoms with E-state index in [1.54, 1.807) is 0 Å². The maximum absolute atomic E-state index is 11.8. The molecular weight excluding hydrogens is 390 g/mol. The van der Waals surface area contributed by atoms with Crippen LogP contribution in [0.25, 0.3) is 11.5 Å². The molecule has 0 aliphatic rings. The van der Waals surface area contributed by atoms with Gasteiger partial charge in [0.05, 0.1) is 12.0 Å². The smallest absolute Gasteiger partial charge is 0.329 e. The molecule has 0 aliphatic heterocycles. The van der Waals surface area contributed by atoms with Gasteiger partial charge in [-0.1, -0.05) is 75.6 Å². The topological polar surface area (TPSA) is 77.3 Å². The standard InChI is InChI=1S/C25H39N3O3/c1-5-6-7-8-9-10-11-12-13-14-22-27-23(30-28-22)21-17-15-20(16-18-21)19-26-31-24(29)25(2,3)4/h15-18,26H,5-14,19H2,1-4H3. The Labute approximate surface area is 187 Å². The minimum atomic E-state index is -0.527. The first-order chi connectivity index (χ1) is 14.9. The molecule has 2 rings (SSSR count). The molecule has 0 unspecified atom stereocenters. The van der Waals surface area contributed by atoms with Crippen LogP contribution in [0.3, 0.4) is 0 Å². The molecule has 0 bridgehead atoms. The Morgan fingerprint density at radius 3 is 2.19 bits per heavy atom. The number of hydrogen-bond donors (Lipinski definition) is 1. The number of rotatable bonds is 14. The van der Waals surface area contributed by atoms with Gasteiger partial charge in [0.25, 0.3) is 5.89 Å². The Morgan fingerprint density at radius 2 is 1.58 bits per heavy atom. The SMILES string of the molecule is CCCCCCCCCCCc1noc(-c2ccc(CNOC(=O)C(C)(C)C)cc2)n1. The minimum Gasteiger partial charge on any atom is -0.370 e. The first kappa shape index (κ1) is 25.1. The van der Waals surface area contributed by atoms with Crippen molar-refractivity contribution < 1.29 is 14.2 Å². The highest BCUT2D eigenvalue weighted by atomic mass is 16.7. The Morgan fingerprint density at radius 1 is 0.968 bits per heavy atom. The summed E-state index contributed by atoms with van der Waals surface area (Å²) in [7, 11) is 0. The number of hydrogen-bond acceptors (Lipinski definition) is 6. The van der Waals surface area contributed by atoms with Crippen molar-refractivity contribution in [2.24, 2.45) is 5.41 Å². The average Bonchev–Trinajstić information content (AvgIpc) is 3.21. The van der Waals surface area contributed by atoms with Crippen LogP contribution in [0.1, 0.15) is 96.9 Å². The maximum Gasteiger partial charge on any atom is 0.329 e. The molecular formula is C25H39N3O3. The van der Waals surface area contributed by atoms with Gasteiger partial charge in [-0.3, -0.25) is 0 Å². The zero-order valence-electron chi connectivity index (χ0n) is 19.7. The summed E-state index contributed by atoms with van der Waals surface area (Å²) in [5, 5.41) is 4.12. The van der Waals surface area contributed by atoms with Crippen molar-refractivity contribution in [1.82, 2.24) is 15.6 Å². The van der Waals surface area contributed by atoms with E-state index in [9.17, 15) is 4.79 Å². The van der Waals surface area contributed by atoms with Gasteiger partial charge in [0.15, 0.2) is 5.82 Å². The summed E-state index contributed by atoms with van der Waals surface area (Å²) in [6.07, 6.45) is 12.6. The highest BCUT2D eigenvalue weighted by molar-refractivity contribution is 5.75. The van der Waals surface area contributed by atoms with Crippen molar-refractivity contribution in [1.29, 1.82) is 0 Å². The quantitative estimate of drug-likeness (QED) is 0.276. The third kappa shape index (κ3) is 9.64. The van der Waals surface area contributed by atoms with Crippen LogP contribution < -0.4 is 5.48 Å². The highest BCUT2D eigenvalue weighted by Crippen LogP contribution is 2.19. The third-order valence-corrected chi connectivity index (χ3v) is 5.23. The summed E-state index contributed by atoms with van der Waals surface area (Å²) in [6.45, 7) is 8.15. The Bertz CT molecular complexity index is 763. The van der Waals surface area contributed by atoms with Gasteiger partial charge in [-0.25, -0.2) is 4.79 Å². The number of hydroxylamine groups is 1. The van der Waals surface area contributed by atoms with E-state index in [4.69, 9.17) is 9.36 Å². The molecule has 0 fully saturated rings. The van der Waals surface area contributed by atoms with Gasteiger partial charge in [0.1, 0.15) is 0 Å². The fourth-order valence-electron chi connectivity index (χ4n) is 3.17. The molecule has 0 saturated carbocycles. The molecule has 0 atom stereocenters. The second kappa shape index (κ2) is 13.3. The summed E-state index contributed by atoms with van der Waals surface area (Å²) in [5.74, 6) is 1.04. The van der Waals surface area contributed by atoms with Crippen molar-refractivity contribution in [3.63, 3.8) is 0 Å². The highest BCUT2D eigenvalue weighted by Gasteiger charge is 2.23. The van der Waals surface area contributed by atoms with Crippen molar-refractivity contribution in [3.8, 4) is 11.5 Å². The van der Waals surface area contributed by atoms with Crippen molar-refractivity contribution in [2.75, 3.05) is 0 Å². The van der Waals surface area contributed by atoms with Gasteiger partial charge in [-0.2, -0.15) is 4.98 Å². The van der Waals surface area contributed by atoms with Crippen LogP contribution in [-0.2, 0) is 22.6 Å². The monoisotopic (exact) mass is 429 g/mol. The lowest BCUT2D eigenvalue weighted by molar-refractivity contribution is -0.161. The average molecular weight is 430 g/mol. The lowest BCUT2D eigenvalue weighted by Crippen LogP contribution is -2.29. The second-order valence-corrected chi connectivity index (χ2v) is 9.25. The third-order valence-electron chi connectivity index (χ3n) is 5.23. The molecule has 1 aromatic carbocycles. The molecule has 0 saturated heterocycles.